The number of hydrogen-bond acceptors (Lipinski definition) is 5. The predicted octanol–water partition coefficient (Wildman–Crippen LogP) is 1.25. The van der Waals surface area contributed by atoms with Crippen LogP contribution in [0.1, 0.15) is 5.82 Å². The van der Waals surface area contributed by atoms with Gasteiger partial charge in [-0.25, -0.2) is 9.97 Å². The van der Waals surface area contributed by atoms with Crippen LogP contribution in [0.3, 0.4) is 0 Å². The molecule has 0 atom stereocenters. The summed E-state index contributed by atoms with van der Waals surface area (Å²) in [6, 6.07) is 1.82. The van der Waals surface area contributed by atoms with Gasteiger partial charge in [0, 0.05) is 0 Å². The van der Waals surface area contributed by atoms with Crippen molar-refractivity contribution < 1.29 is 0 Å². The molecule has 2 aromatic rings. The minimum Gasteiger partial charge on any atom is -0.225 e. The summed E-state index contributed by atoms with van der Waals surface area (Å²) in [5.74, 6) is 0.117. The van der Waals surface area contributed by atoms with Gasteiger partial charge in [-0.15, -0.1) is 5.10 Å². The van der Waals surface area contributed by atoms with Gasteiger partial charge in [-0.2, -0.15) is 9.94 Å². The van der Waals surface area contributed by atoms with Crippen molar-refractivity contribution in [1.29, 1.82) is 5.26 Å². The van der Waals surface area contributed by atoms with Crippen LogP contribution in [0.15, 0.2) is 12.5 Å². The van der Waals surface area contributed by atoms with Gasteiger partial charge in [0.25, 0.3) is 5.82 Å². The zero-order chi connectivity index (χ0) is 9.26. The molecule has 0 aromatic carbocycles. The molecule has 7 heteroatoms. The van der Waals surface area contributed by atoms with E-state index in [1.54, 1.807) is 0 Å². The Morgan fingerprint density at radius 2 is 2.38 bits per heavy atom. The van der Waals surface area contributed by atoms with E-state index in [1.165, 1.54) is 28.5 Å². The van der Waals surface area contributed by atoms with Gasteiger partial charge in [-0.1, -0.05) is 22.9 Å². The lowest BCUT2D eigenvalue weighted by atomic mass is 10.7. The van der Waals surface area contributed by atoms with Crippen molar-refractivity contribution in [3.05, 3.63) is 22.7 Å². The number of rotatable bonds is 1. The summed E-state index contributed by atoms with van der Waals surface area (Å²) in [5.41, 5.74) is 0. The van der Waals surface area contributed by atoms with Gasteiger partial charge in [0.2, 0.25) is 5.13 Å². The first-order valence-corrected chi connectivity index (χ1v) is 4.42. The van der Waals surface area contributed by atoms with E-state index in [1.807, 2.05) is 6.07 Å². The number of halogens is 1. The molecular formula is C6H2ClN5S. The van der Waals surface area contributed by atoms with Gasteiger partial charge in [0.05, 0.1) is 6.20 Å². The van der Waals surface area contributed by atoms with Gasteiger partial charge >= 0.3 is 0 Å². The van der Waals surface area contributed by atoms with Crippen LogP contribution in [0.5, 0.6) is 0 Å². The molecular weight excluding hydrogens is 210 g/mol. The standard InChI is InChI=1S/C6H2ClN5S/c7-4-2-9-6(13-4)12-3-10-5(1-8)11-12/h2-3H. The molecule has 0 radical (unpaired) electrons. The van der Waals surface area contributed by atoms with Crippen LogP contribution in [0.2, 0.25) is 4.34 Å². The lowest BCUT2D eigenvalue weighted by Gasteiger charge is -1.88. The lowest BCUT2D eigenvalue weighted by molar-refractivity contribution is 0.862. The van der Waals surface area contributed by atoms with Crippen molar-refractivity contribution >= 4 is 22.9 Å². The van der Waals surface area contributed by atoms with Crippen molar-refractivity contribution in [3.63, 3.8) is 0 Å². The second kappa shape index (κ2) is 3.12. The maximum absolute atomic E-state index is 8.47. The molecule has 64 valence electrons. The third-order valence-corrected chi connectivity index (χ3v) is 2.36. The van der Waals surface area contributed by atoms with Crippen molar-refractivity contribution in [3.8, 4) is 11.2 Å². The highest BCUT2D eigenvalue weighted by molar-refractivity contribution is 7.18. The molecule has 0 saturated carbocycles. The third kappa shape index (κ3) is 1.52. The summed E-state index contributed by atoms with van der Waals surface area (Å²) in [6.45, 7) is 0. The number of thiazole rings is 1. The number of hydrogen-bond donors (Lipinski definition) is 0. The molecule has 5 nitrogen and oxygen atoms in total. The van der Waals surface area contributed by atoms with E-state index in [-0.39, 0.29) is 5.82 Å². The Kier molecular flexibility index (Phi) is 1.96. The number of nitriles is 1. The van der Waals surface area contributed by atoms with Crippen molar-refractivity contribution in [2.24, 2.45) is 0 Å². The molecule has 0 amide bonds. The minimum absolute atomic E-state index is 0.117. The first-order valence-electron chi connectivity index (χ1n) is 3.23. The van der Waals surface area contributed by atoms with Gasteiger partial charge in [-0.05, 0) is 0 Å². The van der Waals surface area contributed by atoms with Crippen molar-refractivity contribution in [2.45, 2.75) is 0 Å². The topological polar surface area (TPSA) is 67.4 Å². The lowest BCUT2D eigenvalue weighted by Crippen LogP contribution is -1.93. The van der Waals surface area contributed by atoms with Gasteiger partial charge in [0.15, 0.2) is 0 Å². The highest BCUT2D eigenvalue weighted by Gasteiger charge is 2.05. The van der Waals surface area contributed by atoms with Gasteiger partial charge in [-0.3, -0.25) is 0 Å². The molecule has 2 aromatic heterocycles. The monoisotopic (exact) mass is 211 g/mol. The fourth-order valence-corrected chi connectivity index (χ4v) is 1.58. The van der Waals surface area contributed by atoms with E-state index < -0.39 is 0 Å². The minimum atomic E-state index is 0.117. The van der Waals surface area contributed by atoms with Crippen LogP contribution < -0.4 is 0 Å². The Bertz CT molecular complexity index is 467. The average molecular weight is 212 g/mol. The molecule has 0 unspecified atom stereocenters. The summed E-state index contributed by atoms with van der Waals surface area (Å²) in [5, 5.41) is 12.9. The Balaban J connectivity index is 2.42. The van der Waals surface area contributed by atoms with E-state index >= 15 is 0 Å². The number of aromatic nitrogens is 4. The Labute approximate surface area is 82.2 Å². The second-order valence-corrected chi connectivity index (χ2v) is 3.71. The molecule has 0 saturated heterocycles. The maximum atomic E-state index is 8.47. The fraction of sp³-hybridized carbons (Fsp3) is 0. The molecule has 0 aliphatic rings. The largest absolute Gasteiger partial charge is 0.252 e. The number of nitrogens with zero attached hydrogens (tertiary/aromatic N) is 5. The van der Waals surface area contributed by atoms with E-state index in [0.29, 0.717) is 9.47 Å². The summed E-state index contributed by atoms with van der Waals surface area (Å²) in [6.07, 6.45) is 2.95. The zero-order valence-electron chi connectivity index (χ0n) is 6.18. The fourth-order valence-electron chi connectivity index (χ4n) is 0.758. The molecule has 2 heterocycles. The van der Waals surface area contributed by atoms with Crippen LogP contribution in [0.4, 0.5) is 0 Å². The summed E-state index contributed by atoms with van der Waals surface area (Å²) < 4.78 is 1.98. The van der Waals surface area contributed by atoms with Crippen molar-refractivity contribution in [2.75, 3.05) is 0 Å². The van der Waals surface area contributed by atoms with Gasteiger partial charge in [0.1, 0.15) is 16.7 Å². The molecule has 2 rings (SSSR count). The van der Waals surface area contributed by atoms with Crippen LogP contribution in [-0.2, 0) is 0 Å². The quantitative estimate of drug-likeness (QED) is 0.712. The van der Waals surface area contributed by atoms with E-state index in [4.69, 9.17) is 16.9 Å². The first kappa shape index (κ1) is 8.16. The first-order chi connectivity index (χ1) is 6.29. The molecule has 13 heavy (non-hydrogen) atoms. The molecule has 0 bridgehead atoms. The van der Waals surface area contributed by atoms with Crippen LogP contribution in [-0.4, -0.2) is 19.7 Å². The van der Waals surface area contributed by atoms with Crippen molar-refractivity contribution in [1.82, 2.24) is 19.7 Å². The normalized spacial score (nSPS) is 9.85. The van der Waals surface area contributed by atoms with Gasteiger partial charge < -0.3 is 0 Å². The van der Waals surface area contributed by atoms with Crippen LogP contribution >= 0.6 is 22.9 Å². The highest BCUT2D eigenvalue weighted by atomic mass is 35.5. The second-order valence-electron chi connectivity index (χ2n) is 2.07. The Morgan fingerprint density at radius 3 is 2.92 bits per heavy atom. The highest BCUT2D eigenvalue weighted by Crippen LogP contribution is 2.20. The molecule has 0 fully saturated rings. The zero-order valence-corrected chi connectivity index (χ0v) is 7.75. The molecule has 0 aliphatic carbocycles. The summed E-state index contributed by atoms with van der Waals surface area (Å²) in [4.78, 5) is 7.71. The Hall–Kier alpha value is -1.45. The summed E-state index contributed by atoms with van der Waals surface area (Å²) in [7, 11) is 0. The SMILES string of the molecule is N#Cc1ncn(-c2ncc(Cl)s2)n1. The predicted molar refractivity (Wildman–Crippen MR) is 46.8 cm³/mol. The molecule has 0 aliphatic heterocycles. The third-order valence-electron chi connectivity index (χ3n) is 1.25. The molecule has 0 spiro atoms. The molecule has 0 N–H and O–H groups in total. The van der Waals surface area contributed by atoms with E-state index in [9.17, 15) is 0 Å². The summed E-state index contributed by atoms with van der Waals surface area (Å²) >= 11 is 6.95. The van der Waals surface area contributed by atoms with Crippen LogP contribution in [0.25, 0.3) is 5.13 Å². The average Bonchev–Trinajstić information content (AvgIpc) is 2.71. The smallest absolute Gasteiger partial charge is 0.225 e. The Morgan fingerprint density at radius 1 is 1.54 bits per heavy atom. The van der Waals surface area contributed by atoms with E-state index in [0.717, 1.165) is 0 Å². The van der Waals surface area contributed by atoms with Crippen LogP contribution in [0, 0.1) is 11.3 Å². The maximum Gasteiger partial charge on any atom is 0.252 e. The van der Waals surface area contributed by atoms with E-state index in [2.05, 4.69) is 15.1 Å².